The van der Waals surface area contributed by atoms with Gasteiger partial charge in [0.1, 0.15) is 5.82 Å². The summed E-state index contributed by atoms with van der Waals surface area (Å²) in [6.07, 6.45) is -2.57. The highest BCUT2D eigenvalue weighted by Crippen LogP contribution is 2.25. The summed E-state index contributed by atoms with van der Waals surface area (Å²) in [6.45, 7) is 1.09. The van der Waals surface area contributed by atoms with Crippen LogP contribution in [0.3, 0.4) is 0 Å². The van der Waals surface area contributed by atoms with Crippen molar-refractivity contribution in [3.63, 3.8) is 0 Å². The summed E-state index contributed by atoms with van der Waals surface area (Å²) >= 11 is 5.66. The monoisotopic (exact) mass is 357 g/mol. The second kappa shape index (κ2) is 7.44. The summed E-state index contributed by atoms with van der Waals surface area (Å²) in [4.78, 5) is 12.4. The lowest BCUT2D eigenvalue weighted by molar-refractivity contribution is 0.102. The van der Waals surface area contributed by atoms with E-state index in [1.54, 1.807) is 6.92 Å². The minimum atomic E-state index is -2.57. The van der Waals surface area contributed by atoms with Crippen LogP contribution >= 0.6 is 11.6 Å². The molecule has 0 aliphatic carbocycles. The van der Waals surface area contributed by atoms with Gasteiger partial charge in [-0.2, -0.15) is 0 Å². The van der Waals surface area contributed by atoms with Crippen LogP contribution in [0.4, 0.5) is 30.2 Å². The zero-order valence-electron chi connectivity index (χ0n) is 12.7. The second-order valence-electron chi connectivity index (χ2n) is 5.11. The van der Waals surface area contributed by atoms with Gasteiger partial charge in [0.15, 0.2) is 0 Å². The summed E-state index contributed by atoms with van der Waals surface area (Å²) < 4.78 is 38.0. The molecule has 0 bridgehead atoms. The Morgan fingerprint density at radius 1 is 1.29 bits per heavy atom. The molecule has 0 saturated heterocycles. The van der Waals surface area contributed by atoms with Gasteiger partial charge in [0.05, 0.1) is 17.1 Å². The Morgan fingerprint density at radius 2 is 2.00 bits per heavy atom. The Labute approximate surface area is 141 Å². The smallest absolute Gasteiger partial charge is 0.257 e. The van der Waals surface area contributed by atoms with Gasteiger partial charge in [-0.15, -0.1) is 0 Å². The van der Waals surface area contributed by atoms with E-state index in [0.717, 1.165) is 6.07 Å². The first-order valence-corrected chi connectivity index (χ1v) is 7.34. The van der Waals surface area contributed by atoms with E-state index in [-0.39, 0.29) is 22.0 Å². The lowest BCUT2D eigenvalue weighted by atomic mass is 10.1. The first-order chi connectivity index (χ1) is 11.3. The quantitative estimate of drug-likeness (QED) is 0.699. The third-order valence-corrected chi connectivity index (χ3v) is 3.56. The van der Waals surface area contributed by atoms with Crippen LogP contribution in [0.2, 0.25) is 5.02 Å². The molecule has 0 fully saturated rings. The number of anilines is 3. The van der Waals surface area contributed by atoms with Crippen molar-refractivity contribution in [3.05, 3.63) is 52.3 Å². The van der Waals surface area contributed by atoms with Crippen LogP contribution in [0.5, 0.6) is 0 Å². The molecular formula is C16H15ClF3N3O. The standard InChI is InChI=1S/C16H15ClF3N3O/c1-8-4-14(22-7-15(19)20)10(6-13(8)21)16(24)23-9-2-3-12(18)11(17)5-9/h2-6,15,22H,7,21H2,1H3,(H,23,24). The topological polar surface area (TPSA) is 67.2 Å². The molecule has 0 spiro atoms. The van der Waals surface area contributed by atoms with Crippen LogP contribution < -0.4 is 16.4 Å². The Morgan fingerprint density at radius 3 is 2.62 bits per heavy atom. The number of halogens is 4. The van der Waals surface area contributed by atoms with E-state index in [9.17, 15) is 18.0 Å². The lowest BCUT2D eigenvalue weighted by Gasteiger charge is -2.15. The molecule has 2 rings (SSSR count). The van der Waals surface area contributed by atoms with Gasteiger partial charge in [-0.1, -0.05) is 11.6 Å². The lowest BCUT2D eigenvalue weighted by Crippen LogP contribution is -2.18. The van der Waals surface area contributed by atoms with Gasteiger partial charge in [-0.05, 0) is 42.8 Å². The highest BCUT2D eigenvalue weighted by Gasteiger charge is 2.15. The molecule has 4 N–H and O–H groups in total. The van der Waals surface area contributed by atoms with Crippen molar-refractivity contribution in [2.45, 2.75) is 13.3 Å². The fourth-order valence-electron chi connectivity index (χ4n) is 2.02. The number of carbonyl (C=O) groups excluding carboxylic acids is 1. The zero-order chi connectivity index (χ0) is 17.9. The Hall–Kier alpha value is -2.41. The fourth-order valence-corrected chi connectivity index (χ4v) is 2.20. The summed E-state index contributed by atoms with van der Waals surface area (Å²) in [5.74, 6) is -1.20. The number of rotatable bonds is 5. The van der Waals surface area contributed by atoms with Gasteiger partial charge in [0.25, 0.3) is 12.3 Å². The van der Waals surface area contributed by atoms with Gasteiger partial charge in [-0.25, -0.2) is 13.2 Å². The van der Waals surface area contributed by atoms with E-state index in [4.69, 9.17) is 17.3 Å². The fraction of sp³-hybridized carbons (Fsp3) is 0.188. The third-order valence-electron chi connectivity index (χ3n) is 3.28. The molecule has 0 aliphatic heterocycles. The normalized spacial score (nSPS) is 10.8. The van der Waals surface area contributed by atoms with Crippen LogP contribution in [-0.4, -0.2) is 18.9 Å². The van der Waals surface area contributed by atoms with Crippen molar-refractivity contribution in [1.29, 1.82) is 0 Å². The molecule has 0 heterocycles. The molecule has 24 heavy (non-hydrogen) atoms. The number of amides is 1. The van der Waals surface area contributed by atoms with Crippen LogP contribution in [0.25, 0.3) is 0 Å². The minimum Gasteiger partial charge on any atom is -0.398 e. The largest absolute Gasteiger partial charge is 0.398 e. The van der Waals surface area contributed by atoms with E-state index in [0.29, 0.717) is 11.3 Å². The highest BCUT2D eigenvalue weighted by atomic mass is 35.5. The number of nitrogens with two attached hydrogens (primary N) is 1. The van der Waals surface area contributed by atoms with Gasteiger partial charge in [0.2, 0.25) is 0 Å². The van der Waals surface area contributed by atoms with Crippen molar-refractivity contribution in [2.75, 3.05) is 22.9 Å². The van der Waals surface area contributed by atoms with Gasteiger partial charge in [0, 0.05) is 17.1 Å². The molecular weight excluding hydrogens is 343 g/mol. The molecule has 0 atom stereocenters. The summed E-state index contributed by atoms with van der Waals surface area (Å²) in [5, 5.41) is 4.90. The Bertz CT molecular complexity index is 768. The van der Waals surface area contributed by atoms with E-state index in [2.05, 4.69) is 10.6 Å². The van der Waals surface area contributed by atoms with Gasteiger partial charge in [-0.3, -0.25) is 4.79 Å². The maximum Gasteiger partial charge on any atom is 0.257 e. The summed E-state index contributed by atoms with van der Waals surface area (Å²) in [7, 11) is 0. The van der Waals surface area contributed by atoms with Crippen LogP contribution in [-0.2, 0) is 0 Å². The molecule has 1 amide bonds. The molecule has 0 saturated carbocycles. The van der Waals surface area contributed by atoms with E-state index < -0.39 is 24.7 Å². The molecule has 0 radical (unpaired) electrons. The number of hydrogen-bond donors (Lipinski definition) is 3. The van der Waals surface area contributed by atoms with Crippen molar-refractivity contribution in [1.82, 2.24) is 0 Å². The molecule has 4 nitrogen and oxygen atoms in total. The first kappa shape index (κ1) is 17.9. The van der Waals surface area contributed by atoms with Crippen molar-refractivity contribution in [2.24, 2.45) is 0 Å². The van der Waals surface area contributed by atoms with Crippen LogP contribution in [0, 0.1) is 12.7 Å². The predicted molar refractivity (Wildman–Crippen MR) is 89.4 cm³/mol. The van der Waals surface area contributed by atoms with E-state index >= 15 is 0 Å². The predicted octanol–water partition coefficient (Wildman–Crippen LogP) is 4.30. The number of hydrogen-bond acceptors (Lipinski definition) is 3. The summed E-state index contributed by atoms with van der Waals surface area (Å²) in [5.41, 5.74) is 7.38. The number of carbonyl (C=O) groups is 1. The SMILES string of the molecule is Cc1cc(NCC(F)F)c(C(=O)Nc2ccc(F)c(Cl)c2)cc1N. The maximum absolute atomic E-state index is 13.2. The average Bonchev–Trinajstić information content (AvgIpc) is 2.51. The molecule has 2 aromatic carbocycles. The van der Waals surface area contributed by atoms with Gasteiger partial charge < -0.3 is 16.4 Å². The van der Waals surface area contributed by atoms with Crippen molar-refractivity contribution in [3.8, 4) is 0 Å². The van der Waals surface area contributed by atoms with Crippen LogP contribution in [0.15, 0.2) is 30.3 Å². The molecule has 128 valence electrons. The van der Waals surface area contributed by atoms with Crippen molar-refractivity contribution < 1.29 is 18.0 Å². The Balaban J connectivity index is 2.29. The van der Waals surface area contributed by atoms with Gasteiger partial charge >= 0.3 is 0 Å². The maximum atomic E-state index is 13.2. The molecule has 0 aliphatic rings. The first-order valence-electron chi connectivity index (χ1n) is 6.96. The molecule has 0 aromatic heterocycles. The van der Waals surface area contributed by atoms with Crippen LogP contribution in [0.1, 0.15) is 15.9 Å². The Kier molecular flexibility index (Phi) is 5.56. The number of nitrogen functional groups attached to an aromatic ring is 1. The summed E-state index contributed by atoms with van der Waals surface area (Å²) in [6, 6.07) is 6.60. The molecule has 8 heteroatoms. The number of alkyl halides is 2. The second-order valence-corrected chi connectivity index (χ2v) is 5.52. The van der Waals surface area contributed by atoms with E-state index in [1.165, 1.54) is 24.3 Å². The average molecular weight is 358 g/mol. The molecule has 2 aromatic rings. The zero-order valence-corrected chi connectivity index (χ0v) is 13.4. The highest BCUT2D eigenvalue weighted by molar-refractivity contribution is 6.31. The number of aryl methyl sites for hydroxylation is 1. The number of benzene rings is 2. The van der Waals surface area contributed by atoms with Crippen molar-refractivity contribution >= 4 is 34.6 Å². The number of nitrogens with one attached hydrogen (secondary N) is 2. The minimum absolute atomic E-state index is 0.0965. The van der Waals surface area contributed by atoms with E-state index in [1.807, 2.05) is 0 Å². The third kappa shape index (κ3) is 4.32. The molecule has 0 unspecified atom stereocenters.